The molecule has 0 bridgehead atoms. The number of hydrogen-bond acceptors (Lipinski definition) is 2. The lowest BCUT2D eigenvalue weighted by molar-refractivity contribution is 0.609. The number of rotatable bonds is 4. The second kappa shape index (κ2) is 5.93. The molecule has 0 aliphatic carbocycles. The molecule has 0 saturated heterocycles. The Morgan fingerprint density at radius 2 is 2.00 bits per heavy atom. The predicted octanol–water partition coefficient (Wildman–Crippen LogP) is 3.54. The highest BCUT2D eigenvalue weighted by molar-refractivity contribution is 5.37. The molecule has 0 aliphatic rings. The molecule has 2 rings (SSSR count). The van der Waals surface area contributed by atoms with Crippen LogP contribution in [-0.4, -0.2) is 11.5 Å². The van der Waals surface area contributed by atoms with Crippen LogP contribution in [0.25, 0.3) is 0 Å². The van der Waals surface area contributed by atoms with Gasteiger partial charge in [-0.25, -0.2) is 4.39 Å². The van der Waals surface area contributed by atoms with E-state index < -0.39 is 0 Å². The van der Waals surface area contributed by atoms with Gasteiger partial charge in [-0.2, -0.15) is 0 Å². The molecule has 100 valence electrons. The van der Waals surface area contributed by atoms with Gasteiger partial charge in [0.15, 0.2) is 0 Å². The van der Waals surface area contributed by atoms with Crippen molar-refractivity contribution in [1.29, 1.82) is 0 Å². The summed E-state index contributed by atoms with van der Waals surface area (Å²) in [5.74, 6) is -0.195. The van der Waals surface area contributed by atoms with Crippen LogP contribution in [0.4, 0.5) is 4.39 Å². The van der Waals surface area contributed by atoms with Crippen molar-refractivity contribution in [2.24, 2.45) is 0 Å². The number of hydrogen-bond donors (Lipinski definition) is 1. The van der Waals surface area contributed by atoms with Gasteiger partial charge >= 0.3 is 0 Å². The van der Waals surface area contributed by atoms with Crippen LogP contribution in [0.15, 0.2) is 36.7 Å². The number of aromatic nitrogens is 1. The second-order valence-corrected chi connectivity index (χ2v) is 4.79. The Balaban J connectivity index is 2.45. The van der Waals surface area contributed by atoms with E-state index in [0.717, 1.165) is 28.8 Å². The van der Waals surface area contributed by atoms with Crippen LogP contribution >= 0.6 is 0 Å². The molecule has 0 aliphatic heterocycles. The molecule has 1 aromatic heterocycles. The third kappa shape index (κ3) is 3.18. The van der Waals surface area contributed by atoms with Crippen LogP contribution in [-0.2, 0) is 0 Å². The van der Waals surface area contributed by atoms with Gasteiger partial charge in [0.2, 0.25) is 0 Å². The summed E-state index contributed by atoms with van der Waals surface area (Å²) in [6.45, 7) is 6.87. The molecule has 1 aromatic carbocycles. The fourth-order valence-electron chi connectivity index (χ4n) is 2.31. The zero-order valence-electron chi connectivity index (χ0n) is 11.6. The monoisotopic (exact) mass is 258 g/mol. The van der Waals surface area contributed by atoms with Crippen LogP contribution in [0.3, 0.4) is 0 Å². The first-order valence-corrected chi connectivity index (χ1v) is 6.52. The van der Waals surface area contributed by atoms with Gasteiger partial charge < -0.3 is 5.32 Å². The largest absolute Gasteiger partial charge is 0.306 e. The van der Waals surface area contributed by atoms with E-state index in [9.17, 15) is 4.39 Å². The number of pyridine rings is 1. The van der Waals surface area contributed by atoms with E-state index in [4.69, 9.17) is 0 Å². The summed E-state index contributed by atoms with van der Waals surface area (Å²) in [6.07, 6.45) is 3.70. The average molecular weight is 258 g/mol. The van der Waals surface area contributed by atoms with Crippen molar-refractivity contribution in [1.82, 2.24) is 10.3 Å². The topological polar surface area (TPSA) is 24.9 Å². The molecule has 0 amide bonds. The van der Waals surface area contributed by atoms with E-state index in [1.807, 2.05) is 32.3 Å². The van der Waals surface area contributed by atoms with Gasteiger partial charge in [0.25, 0.3) is 0 Å². The summed E-state index contributed by atoms with van der Waals surface area (Å²) in [5.41, 5.74) is 4.28. The molecule has 0 spiro atoms. The summed E-state index contributed by atoms with van der Waals surface area (Å²) in [5, 5.41) is 3.44. The standard InChI is InChI=1S/C16H19FN2/c1-4-19-16(13-7-11(2)9-18-10-13)15-6-5-14(17)8-12(15)3/h5-10,16,19H,4H2,1-3H3. The zero-order valence-corrected chi connectivity index (χ0v) is 11.6. The normalized spacial score (nSPS) is 12.4. The van der Waals surface area contributed by atoms with Crippen molar-refractivity contribution in [3.8, 4) is 0 Å². The molecule has 0 fully saturated rings. The maximum Gasteiger partial charge on any atom is 0.123 e. The van der Waals surface area contributed by atoms with Gasteiger partial charge in [-0.1, -0.05) is 19.1 Å². The minimum Gasteiger partial charge on any atom is -0.306 e. The van der Waals surface area contributed by atoms with Crippen molar-refractivity contribution in [3.05, 3.63) is 64.7 Å². The summed E-state index contributed by atoms with van der Waals surface area (Å²) < 4.78 is 13.2. The Morgan fingerprint density at radius 1 is 1.21 bits per heavy atom. The predicted molar refractivity (Wildman–Crippen MR) is 75.6 cm³/mol. The maximum atomic E-state index is 13.2. The summed E-state index contributed by atoms with van der Waals surface area (Å²) in [4.78, 5) is 4.25. The van der Waals surface area contributed by atoms with E-state index in [2.05, 4.69) is 23.3 Å². The van der Waals surface area contributed by atoms with Gasteiger partial charge in [-0.3, -0.25) is 4.98 Å². The molecular weight excluding hydrogens is 239 g/mol. The molecule has 0 radical (unpaired) electrons. The Morgan fingerprint density at radius 3 is 2.63 bits per heavy atom. The third-order valence-electron chi connectivity index (χ3n) is 3.18. The van der Waals surface area contributed by atoms with E-state index in [1.165, 1.54) is 6.07 Å². The zero-order chi connectivity index (χ0) is 13.8. The van der Waals surface area contributed by atoms with Crippen LogP contribution in [0.2, 0.25) is 0 Å². The molecule has 1 N–H and O–H groups in total. The average Bonchev–Trinajstić information content (AvgIpc) is 2.37. The highest BCUT2D eigenvalue weighted by atomic mass is 19.1. The van der Waals surface area contributed by atoms with Gasteiger partial charge in [0.05, 0.1) is 6.04 Å². The lowest BCUT2D eigenvalue weighted by Gasteiger charge is -2.21. The Kier molecular flexibility index (Phi) is 4.27. The smallest absolute Gasteiger partial charge is 0.123 e. The van der Waals surface area contributed by atoms with Crippen LogP contribution in [0.1, 0.15) is 35.2 Å². The number of nitrogens with one attached hydrogen (secondary N) is 1. The Hall–Kier alpha value is -1.74. The van der Waals surface area contributed by atoms with Gasteiger partial charge in [0.1, 0.15) is 5.82 Å². The van der Waals surface area contributed by atoms with Gasteiger partial charge in [0, 0.05) is 12.4 Å². The maximum absolute atomic E-state index is 13.2. The number of aryl methyl sites for hydroxylation is 2. The highest BCUT2D eigenvalue weighted by Crippen LogP contribution is 2.25. The first-order valence-electron chi connectivity index (χ1n) is 6.52. The molecule has 1 atom stereocenters. The van der Waals surface area contributed by atoms with Crippen LogP contribution in [0.5, 0.6) is 0 Å². The molecule has 1 unspecified atom stereocenters. The van der Waals surface area contributed by atoms with Crippen molar-refractivity contribution in [2.75, 3.05) is 6.54 Å². The summed E-state index contributed by atoms with van der Waals surface area (Å²) in [7, 11) is 0. The minimum atomic E-state index is -0.195. The lowest BCUT2D eigenvalue weighted by Crippen LogP contribution is -2.23. The molecule has 2 aromatic rings. The molecule has 1 heterocycles. The third-order valence-corrected chi connectivity index (χ3v) is 3.18. The SMILES string of the molecule is CCNC(c1cncc(C)c1)c1ccc(F)cc1C. The summed E-state index contributed by atoms with van der Waals surface area (Å²) in [6, 6.07) is 7.10. The molecule has 19 heavy (non-hydrogen) atoms. The highest BCUT2D eigenvalue weighted by Gasteiger charge is 2.15. The number of benzene rings is 1. The lowest BCUT2D eigenvalue weighted by atomic mass is 9.95. The molecular formula is C16H19FN2. The minimum absolute atomic E-state index is 0.0537. The molecule has 2 nitrogen and oxygen atoms in total. The number of nitrogens with zero attached hydrogens (tertiary/aromatic N) is 1. The van der Waals surface area contributed by atoms with Crippen molar-refractivity contribution in [3.63, 3.8) is 0 Å². The quantitative estimate of drug-likeness (QED) is 0.907. The van der Waals surface area contributed by atoms with E-state index in [-0.39, 0.29) is 11.9 Å². The van der Waals surface area contributed by atoms with Gasteiger partial charge in [-0.15, -0.1) is 0 Å². The van der Waals surface area contributed by atoms with E-state index in [1.54, 1.807) is 6.07 Å². The van der Waals surface area contributed by atoms with E-state index >= 15 is 0 Å². The second-order valence-electron chi connectivity index (χ2n) is 4.79. The van der Waals surface area contributed by atoms with E-state index in [0.29, 0.717) is 0 Å². The first kappa shape index (κ1) is 13.7. The molecule has 0 saturated carbocycles. The Bertz CT molecular complexity index is 566. The molecule has 3 heteroatoms. The number of halogens is 1. The summed E-state index contributed by atoms with van der Waals surface area (Å²) >= 11 is 0. The first-order chi connectivity index (χ1) is 9.11. The van der Waals surface area contributed by atoms with Crippen molar-refractivity contribution >= 4 is 0 Å². The van der Waals surface area contributed by atoms with Gasteiger partial charge in [-0.05, 0) is 54.8 Å². The van der Waals surface area contributed by atoms with Crippen molar-refractivity contribution < 1.29 is 4.39 Å². The fourth-order valence-corrected chi connectivity index (χ4v) is 2.31. The van der Waals surface area contributed by atoms with Crippen LogP contribution < -0.4 is 5.32 Å². The van der Waals surface area contributed by atoms with Crippen molar-refractivity contribution in [2.45, 2.75) is 26.8 Å². The Labute approximate surface area is 113 Å². The van der Waals surface area contributed by atoms with Crippen LogP contribution in [0, 0.1) is 19.7 Å². The fraction of sp³-hybridized carbons (Fsp3) is 0.312.